The number of benzene rings is 4. The molecule has 2 aliphatic heterocycles. The lowest BCUT2D eigenvalue weighted by Crippen LogP contribution is -2.15. The summed E-state index contributed by atoms with van der Waals surface area (Å²) in [6.07, 6.45) is 73.7. The van der Waals surface area contributed by atoms with Crippen LogP contribution in [0.1, 0.15) is 427 Å². The summed E-state index contributed by atoms with van der Waals surface area (Å²) >= 11 is 0. The summed E-state index contributed by atoms with van der Waals surface area (Å²) in [7, 11) is 1.66. The molecule has 3 aromatic heterocycles. The summed E-state index contributed by atoms with van der Waals surface area (Å²) in [4.78, 5) is 41.6. The molecule has 0 spiro atoms. The minimum atomic E-state index is 0.288. The second kappa shape index (κ2) is 79.6. The number of methoxy groups -OCH3 is 1. The Bertz CT molecular complexity index is 4570. The summed E-state index contributed by atoms with van der Waals surface area (Å²) in [6, 6.07) is 18.7. The first-order valence-electron chi connectivity index (χ1n) is 58.8. The quantitative estimate of drug-likeness (QED) is 0.0336. The van der Waals surface area contributed by atoms with Gasteiger partial charge in [-0.25, -0.2) is 29.9 Å². The molecule has 23 nitrogen and oxygen atoms in total. The van der Waals surface area contributed by atoms with Gasteiger partial charge in [0.2, 0.25) is 0 Å². The number of aromatic amines is 2. The van der Waals surface area contributed by atoms with E-state index in [0.717, 1.165) is 121 Å². The standard InChI is InChI=1S/C121H196N8O15/c1-8-14-20-26-32-38-44-50-56-62-70-139-108-93-102-103(94-109(108)140-71-63-57-51-45-39-33-27-21-15-9-2)118-125-116(102)123-114-100-69-68-99(138-91-90-137-89-88-136-87-86-135-85-84-134-83-82-133-81-80-132-79-78-131-77-76-130-7)92-101(100)115(122-114)124-117-104-95-110(141-72-64-58-52-46-40-34-28-22-16-10-3)111(142-73-65-59-53-47-41-35-29-23-17-11-4)96-105(104)119(126-117)128-121-107-98-113(144-75-67-61-55-49-43-37-31-25-19-13-6)112(97-106(107)120(127-118)129-121)143-74-66-60-54-48-42-36-30-24-18-12-5/h68-69,92-98H,8-67,70-91H2,1-7H3,(H2,122,123,124,125,126,127,128,129). The van der Waals surface area contributed by atoms with Crippen LogP contribution in [-0.4, -0.2) is 192 Å². The van der Waals surface area contributed by atoms with Crippen LogP contribution in [0.4, 0.5) is 0 Å². The predicted molar refractivity (Wildman–Crippen MR) is 593 cm³/mol. The van der Waals surface area contributed by atoms with E-state index in [1.54, 1.807) is 7.11 Å². The molecule has 810 valence electrons. The second-order valence-corrected chi connectivity index (χ2v) is 40.2. The number of nitrogens with zero attached hydrogens (tertiary/aromatic N) is 6. The highest BCUT2D eigenvalue weighted by Crippen LogP contribution is 2.46. The number of ether oxygens (including phenoxy) is 15. The van der Waals surface area contributed by atoms with Crippen molar-refractivity contribution in [2.75, 3.05) is 152 Å². The number of rotatable bonds is 97. The van der Waals surface area contributed by atoms with Gasteiger partial charge >= 0.3 is 0 Å². The average Bonchev–Trinajstić information content (AvgIpc) is 1.59. The summed E-state index contributed by atoms with van der Waals surface area (Å²) in [5, 5.41) is 3.17. The Morgan fingerprint density at radius 2 is 0.361 bits per heavy atom. The molecule has 0 unspecified atom stereocenters. The monoisotopic (exact) mass is 2000 g/mol. The minimum Gasteiger partial charge on any atom is -0.491 e. The van der Waals surface area contributed by atoms with Gasteiger partial charge in [0, 0.05) is 50.9 Å². The van der Waals surface area contributed by atoms with Crippen LogP contribution in [0.15, 0.2) is 54.6 Å². The van der Waals surface area contributed by atoms with Crippen molar-refractivity contribution in [3.63, 3.8) is 0 Å². The second-order valence-electron chi connectivity index (χ2n) is 40.2. The Kier molecular flexibility index (Phi) is 66.4. The number of nitrogens with one attached hydrogen (secondary N) is 2. The van der Waals surface area contributed by atoms with Gasteiger partial charge in [0.05, 0.1) is 139 Å². The maximum atomic E-state index is 7.04. The van der Waals surface area contributed by atoms with Gasteiger partial charge < -0.3 is 81.0 Å². The normalized spacial score (nSPS) is 11.9. The molecule has 0 atom stereocenters. The van der Waals surface area contributed by atoms with Gasteiger partial charge in [0.15, 0.2) is 57.8 Å². The molecule has 2 N–H and O–H groups in total. The van der Waals surface area contributed by atoms with E-state index in [1.165, 1.54) is 308 Å². The molecule has 7 aromatic rings. The third-order valence-electron chi connectivity index (χ3n) is 27.7. The van der Waals surface area contributed by atoms with Crippen molar-refractivity contribution in [1.29, 1.82) is 0 Å². The fourth-order valence-corrected chi connectivity index (χ4v) is 19.0. The number of fused-ring (bicyclic) bond motifs is 20. The fourth-order valence-electron chi connectivity index (χ4n) is 19.0. The molecule has 2 aliphatic rings. The van der Waals surface area contributed by atoms with Crippen molar-refractivity contribution >= 4 is 44.1 Å². The molecule has 9 rings (SSSR count). The molecule has 0 radical (unpaired) electrons. The van der Waals surface area contributed by atoms with Crippen LogP contribution in [0.3, 0.4) is 0 Å². The van der Waals surface area contributed by atoms with Gasteiger partial charge in [-0.2, -0.15) is 0 Å². The molecule has 0 saturated heterocycles. The summed E-state index contributed by atoms with van der Waals surface area (Å²) < 4.78 is 93.8. The van der Waals surface area contributed by atoms with E-state index >= 15 is 0 Å². The van der Waals surface area contributed by atoms with Crippen molar-refractivity contribution in [1.82, 2.24) is 39.9 Å². The van der Waals surface area contributed by atoms with Crippen LogP contribution in [0.25, 0.3) is 89.7 Å². The lowest BCUT2D eigenvalue weighted by molar-refractivity contribution is -0.0227. The van der Waals surface area contributed by atoms with Crippen LogP contribution < -0.4 is 33.2 Å². The maximum Gasteiger partial charge on any atom is 0.164 e. The van der Waals surface area contributed by atoms with E-state index in [0.29, 0.717) is 225 Å². The zero-order valence-electron chi connectivity index (χ0n) is 91.5. The molecular formula is C121H196N8O15. The minimum absolute atomic E-state index is 0.288. The van der Waals surface area contributed by atoms with Gasteiger partial charge in [-0.1, -0.05) is 388 Å². The molecule has 144 heavy (non-hydrogen) atoms. The molecule has 8 bridgehead atoms. The third-order valence-corrected chi connectivity index (χ3v) is 27.7. The van der Waals surface area contributed by atoms with Crippen molar-refractivity contribution in [2.45, 2.75) is 427 Å². The van der Waals surface area contributed by atoms with E-state index in [9.17, 15) is 0 Å². The van der Waals surface area contributed by atoms with Crippen LogP contribution in [0, 0.1) is 0 Å². The zero-order chi connectivity index (χ0) is 101. The van der Waals surface area contributed by atoms with Crippen LogP contribution in [-0.2, 0) is 37.9 Å². The Labute approximate surface area is 869 Å². The lowest BCUT2D eigenvalue weighted by Gasteiger charge is -2.15. The van der Waals surface area contributed by atoms with E-state index < -0.39 is 0 Å². The molecular weight excluding hydrogens is 1810 g/mol. The Morgan fingerprint density at radius 3 is 0.583 bits per heavy atom. The largest absolute Gasteiger partial charge is 0.491 e. The average molecular weight is 2000 g/mol. The predicted octanol–water partition coefficient (Wildman–Crippen LogP) is 32.8. The highest BCUT2D eigenvalue weighted by Gasteiger charge is 2.28. The number of unbranched alkanes of at least 4 members (excludes halogenated alkanes) is 54. The summed E-state index contributed by atoms with van der Waals surface area (Å²) in [6.45, 7) is 24.4. The Hall–Kier alpha value is -7.48. The zero-order valence-corrected chi connectivity index (χ0v) is 91.5. The van der Waals surface area contributed by atoms with Gasteiger partial charge in [-0.3, -0.25) is 0 Å². The Balaban J connectivity index is 1.11. The topological polar surface area (TPSA) is 247 Å². The lowest BCUT2D eigenvalue weighted by atomic mass is 10.1. The molecule has 0 saturated carbocycles. The Morgan fingerprint density at radius 1 is 0.174 bits per heavy atom. The highest BCUT2D eigenvalue weighted by molar-refractivity contribution is 6.08. The number of hydrogen-bond donors (Lipinski definition) is 2. The number of hydrogen-bond acceptors (Lipinski definition) is 21. The van der Waals surface area contributed by atoms with Gasteiger partial charge in [-0.15, -0.1) is 0 Å². The van der Waals surface area contributed by atoms with Gasteiger partial charge in [0.25, 0.3) is 0 Å². The smallest absolute Gasteiger partial charge is 0.164 e. The van der Waals surface area contributed by atoms with E-state index in [4.69, 9.17) is 101 Å². The van der Waals surface area contributed by atoms with Crippen LogP contribution in [0.2, 0.25) is 0 Å². The molecule has 0 amide bonds. The molecule has 4 aromatic carbocycles. The van der Waals surface area contributed by atoms with Crippen LogP contribution in [0.5, 0.6) is 40.2 Å². The van der Waals surface area contributed by atoms with Crippen molar-refractivity contribution in [2.24, 2.45) is 0 Å². The first kappa shape index (κ1) is 120. The molecule has 23 heteroatoms. The highest BCUT2D eigenvalue weighted by atomic mass is 16.6. The molecule has 5 heterocycles. The number of aromatic nitrogens is 8. The summed E-state index contributed by atoms with van der Waals surface area (Å²) in [5.41, 5.74) is 5.24. The first-order valence-corrected chi connectivity index (χ1v) is 58.8. The van der Waals surface area contributed by atoms with E-state index in [-0.39, 0.29) is 6.61 Å². The maximum absolute atomic E-state index is 7.04. The SMILES string of the molecule is CCCCCCCCCCCCOc1cc2c(cc1OCCCCCCCCCCCC)-c1nc-2nc2[nH]c(nc3nc(nc4[nH]c(n1)c1cc(OCCCCCCCCCCCC)c(OCCCCCCCCCCCC)cc41)-c1cc(OCCOCCOCCOCCOCCOCCOCCOCCOC)ccc1-3)c1cc(OCCCCCCCCCCCC)c(OCCCCCCCCCCCC)cc21. The van der Waals surface area contributed by atoms with Gasteiger partial charge in [-0.05, 0) is 93.1 Å². The van der Waals surface area contributed by atoms with Crippen molar-refractivity contribution in [3.05, 3.63) is 54.6 Å². The van der Waals surface area contributed by atoms with Gasteiger partial charge in [0.1, 0.15) is 34.9 Å². The summed E-state index contributed by atoms with van der Waals surface area (Å²) in [5.74, 6) is 6.47. The number of H-pyrrole nitrogens is 2. The van der Waals surface area contributed by atoms with Crippen molar-refractivity contribution < 1.29 is 71.1 Å². The van der Waals surface area contributed by atoms with E-state index in [1.807, 2.05) is 18.2 Å². The van der Waals surface area contributed by atoms with Crippen molar-refractivity contribution in [3.8, 4) is 85.8 Å². The van der Waals surface area contributed by atoms with Crippen LogP contribution >= 0.6 is 0 Å². The first-order chi connectivity index (χ1) is 71.4. The molecule has 0 fully saturated rings. The fraction of sp³-hybridized carbons (Fsp3) is 0.736. The third kappa shape index (κ3) is 48.9. The van der Waals surface area contributed by atoms with E-state index in [2.05, 4.69) is 87.9 Å². The molecule has 0 aliphatic carbocycles.